The lowest BCUT2D eigenvalue weighted by atomic mass is 10.0. The maximum absolute atomic E-state index is 12.9. The van der Waals surface area contributed by atoms with E-state index in [4.69, 9.17) is 10.5 Å². The lowest BCUT2D eigenvalue weighted by Crippen LogP contribution is -2.39. The van der Waals surface area contributed by atoms with Crippen LogP contribution in [-0.4, -0.2) is 19.1 Å². The van der Waals surface area contributed by atoms with Crippen LogP contribution in [-0.2, 0) is 4.79 Å². The molecule has 0 saturated carbocycles. The largest absolute Gasteiger partial charge is 0.494 e. The first-order chi connectivity index (χ1) is 7.95. The highest BCUT2D eigenvalue weighted by molar-refractivity contribution is 5.96. The van der Waals surface area contributed by atoms with Gasteiger partial charge in [0.05, 0.1) is 18.8 Å². The Hall–Kier alpha value is -1.62. The van der Waals surface area contributed by atoms with E-state index in [1.54, 1.807) is 0 Å². The van der Waals surface area contributed by atoms with Crippen molar-refractivity contribution in [2.24, 2.45) is 11.7 Å². The van der Waals surface area contributed by atoms with Gasteiger partial charge in [-0.05, 0) is 18.1 Å². The molecule has 94 valence electrons. The molecule has 0 bridgehead atoms. The summed E-state index contributed by atoms with van der Waals surface area (Å²) in [7, 11) is 1.41. The number of anilines is 1. The molecule has 3 N–H and O–H groups in total. The zero-order valence-electron chi connectivity index (χ0n) is 10.2. The third-order valence-electron chi connectivity index (χ3n) is 2.44. The molecule has 17 heavy (non-hydrogen) atoms. The van der Waals surface area contributed by atoms with Crippen LogP contribution in [0.25, 0.3) is 0 Å². The van der Waals surface area contributed by atoms with Crippen molar-refractivity contribution >= 4 is 11.6 Å². The Morgan fingerprint density at radius 3 is 2.65 bits per heavy atom. The summed E-state index contributed by atoms with van der Waals surface area (Å²) in [6.07, 6.45) is 0. The first-order valence-electron chi connectivity index (χ1n) is 5.35. The summed E-state index contributed by atoms with van der Waals surface area (Å²) >= 11 is 0. The van der Waals surface area contributed by atoms with Gasteiger partial charge in [-0.2, -0.15) is 0 Å². The average Bonchev–Trinajstić information content (AvgIpc) is 2.30. The van der Waals surface area contributed by atoms with Gasteiger partial charge in [-0.1, -0.05) is 13.8 Å². The Bertz CT molecular complexity index is 407. The van der Waals surface area contributed by atoms with E-state index < -0.39 is 11.9 Å². The number of rotatable bonds is 4. The molecule has 0 radical (unpaired) electrons. The van der Waals surface area contributed by atoms with Crippen molar-refractivity contribution in [3.63, 3.8) is 0 Å². The fourth-order valence-electron chi connectivity index (χ4n) is 1.29. The van der Waals surface area contributed by atoms with Gasteiger partial charge in [0.2, 0.25) is 5.91 Å². The van der Waals surface area contributed by atoms with Gasteiger partial charge in [0.1, 0.15) is 11.6 Å². The first kappa shape index (κ1) is 13.4. The lowest BCUT2D eigenvalue weighted by Gasteiger charge is -2.16. The molecular weight excluding hydrogens is 223 g/mol. The van der Waals surface area contributed by atoms with Crippen LogP contribution < -0.4 is 15.8 Å². The molecule has 0 unspecified atom stereocenters. The Labute approximate surface area is 100.0 Å². The topological polar surface area (TPSA) is 64.3 Å². The molecule has 0 aromatic heterocycles. The predicted octanol–water partition coefficient (Wildman–Crippen LogP) is 1.76. The quantitative estimate of drug-likeness (QED) is 0.842. The number of hydrogen-bond donors (Lipinski definition) is 2. The molecular formula is C12H17FN2O2. The molecule has 1 atom stereocenters. The summed E-state index contributed by atoms with van der Waals surface area (Å²) in [4.78, 5) is 11.7. The maximum Gasteiger partial charge on any atom is 0.241 e. The number of methoxy groups -OCH3 is 1. The van der Waals surface area contributed by atoms with Gasteiger partial charge in [-0.15, -0.1) is 0 Å². The number of halogens is 1. The van der Waals surface area contributed by atoms with Crippen molar-refractivity contribution in [2.45, 2.75) is 19.9 Å². The molecule has 0 aliphatic rings. The smallest absolute Gasteiger partial charge is 0.241 e. The predicted molar refractivity (Wildman–Crippen MR) is 64.4 cm³/mol. The number of carbonyl (C=O) groups is 1. The second-order valence-corrected chi connectivity index (χ2v) is 4.10. The minimum absolute atomic E-state index is 0.0291. The molecule has 1 aromatic carbocycles. The highest BCUT2D eigenvalue weighted by atomic mass is 19.1. The van der Waals surface area contributed by atoms with Crippen molar-refractivity contribution in [1.29, 1.82) is 0 Å². The third kappa shape index (κ3) is 3.42. The van der Waals surface area contributed by atoms with Crippen molar-refractivity contribution in [2.75, 3.05) is 12.4 Å². The molecule has 1 rings (SSSR count). The fraction of sp³-hybridized carbons (Fsp3) is 0.417. The monoisotopic (exact) mass is 240 g/mol. The van der Waals surface area contributed by atoms with Gasteiger partial charge in [0.25, 0.3) is 0 Å². The van der Waals surface area contributed by atoms with Crippen LogP contribution >= 0.6 is 0 Å². The molecule has 1 amide bonds. The van der Waals surface area contributed by atoms with Gasteiger partial charge < -0.3 is 15.8 Å². The van der Waals surface area contributed by atoms with Crippen LogP contribution in [0.2, 0.25) is 0 Å². The lowest BCUT2D eigenvalue weighted by molar-refractivity contribution is -0.118. The number of carbonyl (C=O) groups excluding carboxylic acids is 1. The van der Waals surface area contributed by atoms with Gasteiger partial charge in [-0.3, -0.25) is 4.79 Å². The highest BCUT2D eigenvalue weighted by Gasteiger charge is 2.18. The fourth-order valence-corrected chi connectivity index (χ4v) is 1.29. The number of benzene rings is 1. The van der Waals surface area contributed by atoms with E-state index in [1.807, 2.05) is 13.8 Å². The Kier molecular flexibility index (Phi) is 4.45. The van der Waals surface area contributed by atoms with E-state index in [1.165, 1.54) is 25.3 Å². The molecule has 0 aliphatic carbocycles. The van der Waals surface area contributed by atoms with Gasteiger partial charge in [0, 0.05) is 6.07 Å². The zero-order chi connectivity index (χ0) is 13.0. The van der Waals surface area contributed by atoms with E-state index in [0.717, 1.165) is 0 Å². The number of amides is 1. The second-order valence-electron chi connectivity index (χ2n) is 4.10. The Morgan fingerprint density at radius 2 is 2.12 bits per heavy atom. The number of hydrogen-bond acceptors (Lipinski definition) is 3. The molecule has 4 nitrogen and oxygen atoms in total. The van der Waals surface area contributed by atoms with Crippen molar-refractivity contribution in [3.05, 3.63) is 24.0 Å². The van der Waals surface area contributed by atoms with E-state index in [2.05, 4.69) is 5.32 Å². The van der Waals surface area contributed by atoms with Gasteiger partial charge in [0.15, 0.2) is 0 Å². The SMILES string of the molecule is COc1cc(F)ccc1NC(=O)[C@@H](N)C(C)C. The van der Waals surface area contributed by atoms with Crippen molar-refractivity contribution in [1.82, 2.24) is 0 Å². The Morgan fingerprint density at radius 1 is 1.47 bits per heavy atom. The molecule has 0 heterocycles. The molecule has 0 spiro atoms. The molecule has 5 heteroatoms. The van der Waals surface area contributed by atoms with Gasteiger partial charge >= 0.3 is 0 Å². The van der Waals surface area contributed by atoms with Crippen LogP contribution in [0.15, 0.2) is 18.2 Å². The summed E-state index contributed by atoms with van der Waals surface area (Å²) in [6.45, 7) is 3.71. The van der Waals surface area contributed by atoms with E-state index in [0.29, 0.717) is 5.69 Å². The summed E-state index contributed by atoms with van der Waals surface area (Å²) in [5.41, 5.74) is 6.11. The molecule has 0 saturated heterocycles. The Balaban J connectivity index is 2.84. The first-order valence-corrected chi connectivity index (χ1v) is 5.35. The number of nitrogens with two attached hydrogens (primary N) is 1. The van der Waals surface area contributed by atoms with Crippen LogP contribution in [0.4, 0.5) is 10.1 Å². The van der Waals surface area contributed by atoms with Crippen LogP contribution in [0.1, 0.15) is 13.8 Å². The van der Waals surface area contributed by atoms with E-state index in [9.17, 15) is 9.18 Å². The minimum Gasteiger partial charge on any atom is -0.494 e. The number of ether oxygens (including phenoxy) is 1. The summed E-state index contributed by atoms with van der Waals surface area (Å²) in [5, 5.41) is 2.61. The third-order valence-corrected chi connectivity index (χ3v) is 2.44. The van der Waals surface area contributed by atoms with Crippen molar-refractivity contribution in [3.8, 4) is 5.75 Å². The normalized spacial score (nSPS) is 12.4. The van der Waals surface area contributed by atoms with Crippen LogP contribution in [0.3, 0.4) is 0 Å². The second kappa shape index (κ2) is 5.63. The minimum atomic E-state index is -0.607. The van der Waals surface area contributed by atoms with E-state index in [-0.39, 0.29) is 17.6 Å². The van der Waals surface area contributed by atoms with Crippen molar-refractivity contribution < 1.29 is 13.9 Å². The molecule has 1 aromatic rings. The standard InChI is InChI=1S/C12H17FN2O2/c1-7(2)11(14)12(16)15-9-5-4-8(13)6-10(9)17-3/h4-7,11H,14H2,1-3H3,(H,15,16)/t11-/m0/s1. The van der Waals surface area contributed by atoms with Crippen LogP contribution in [0, 0.1) is 11.7 Å². The number of nitrogens with one attached hydrogen (secondary N) is 1. The molecule has 0 fully saturated rings. The van der Waals surface area contributed by atoms with Crippen LogP contribution in [0.5, 0.6) is 5.75 Å². The maximum atomic E-state index is 12.9. The summed E-state index contributed by atoms with van der Waals surface area (Å²) in [5.74, 6) is -0.436. The zero-order valence-corrected chi connectivity index (χ0v) is 10.2. The van der Waals surface area contributed by atoms with E-state index >= 15 is 0 Å². The molecule has 0 aliphatic heterocycles. The average molecular weight is 240 g/mol. The summed E-state index contributed by atoms with van der Waals surface area (Å²) < 4.78 is 17.9. The summed E-state index contributed by atoms with van der Waals surface area (Å²) in [6, 6.07) is 3.29. The highest BCUT2D eigenvalue weighted by Crippen LogP contribution is 2.25. The van der Waals surface area contributed by atoms with Gasteiger partial charge in [-0.25, -0.2) is 4.39 Å².